The quantitative estimate of drug-likeness (QED) is 0.453. The summed E-state index contributed by atoms with van der Waals surface area (Å²) in [5.74, 6) is 7.88. The zero-order chi connectivity index (χ0) is 11.4. The van der Waals surface area contributed by atoms with E-state index in [1.807, 2.05) is 36.5 Å². The molecule has 0 aliphatic carbocycles. The highest BCUT2D eigenvalue weighted by Crippen LogP contribution is 2.13. The maximum atomic E-state index is 5.33. The van der Waals surface area contributed by atoms with E-state index < -0.39 is 0 Å². The summed E-state index contributed by atoms with van der Waals surface area (Å²) in [6.45, 7) is 0. The summed E-state index contributed by atoms with van der Waals surface area (Å²) in [6.07, 6.45) is 8.90. The van der Waals surface area contributed by atoms with Crippen molar-refractivity contribution in [2.24, 2.45) is 5.84 Å². The fourth-order valence-electron chi connectivity index (χ4n) is 1.45. The van der Waals surface area contributed by atoms with Crippen molar-refractivity contribution < 1.29 is 0 Å². The van der Waals surface area contributed by atoms with Crippen LogP contribution in [0, 0.1) is 12.3 Å². The van der Waals surface area contributed by atoms with Crippen molar-refractivity contribution in [1.29, 1.82) is 0 Å². The molecule has 4 nitrogen and oxygen atoms in total. The van der Waals surface area contributed by atoms with Crippen molar-refractivity contribution in [1.82, 2.24) is 15.2 Å². The molecule has 80 valence electrons. The van der Waals surface area contributed by atoms with Gasteiger partial charge >= 0.3 is 0 Å². The maximum Gasteiger partial charge on any atom is 0.109 e. The molecule has 2 rings (SSSR count). The smallest absolute Gasteiger partial charge is 0.109 e. The molecule has 0 aliphatic heterocycles. The predicted octanol–water partition coefficient (Wildman–Crippen LogP) is 1.01. The number of hydrazine groups is 1. The third-order valence-electron chi connectivity index (χ3n) is 2.29. The van der Waals surface area contributed by atoms with Gasteiger partial charge in [0.15, 0.2) is 0 Å². The molecule has 3 N–H and O–H groups in total. The number of nitrogens with zero attached hydrogens (tertiary/aromatic N) is 2. The second kappa shape index (κ2) is 4.62. The van der Waals surface area contributed by atoms with Crippen LogP contribution in [0.1, 0.15) is 11.6 Å². The number of hydrogen-bond acceptors (Lipinski definition) is 3. The number of terminal acetylenes is 1. The summed E-state index contributed by atoms with van der Waals surface area (Å²) in [4.78, 5) is 0. The Labute approximate surface area is 94.0 Å². The molecule has 0 fully saturated rings. The number of aromatic nitrogens is 2. The Kier molecular flexibility index (Phi) is 3.01. The molecule has 0 spiro atoms. The summed E-state index contributed by atoms with van der Waals surface area (Å²) >= 11 is 0. The first-order valence-electron chi connectivity index (χ1n) is 4.87. The van der Waals surface area contributed by atoms with Crippen molar-refractivity contribution in [2.45, 2.75) is 6.04 Å². The zero-order valence-corrected chi connectivity index (χ0v) is 8.67. The van der Waals surface area contributed by atoms with Crippen LogP contribution in [0.5, 0.6) is 0 Å². The van der Waals surface area contributed by atoms with Crippen LogP contribution in [-0.4, -0.2) is 9.78 Å². The van der Waals surface area contributed by atoms with Crippen LogP contribution in [-0.2, 0) is 0 Å². The highest BCUT2D eigenvalue weighted by Gasteiger charge is 2.08. The minimum Gasteiger partial charge on any atom is -0.270 e. The molecule has 0 radical (unpaired) electrons. The fraction of sp³-hybridized carbons (Fsp3) is 0.0833. The van der Waals surface area contributed by atoms with Crippen molar-refractivity contribution >= 4 is 0 Å². The van der Waals surface area contributed by atoms with Gasteiger partial charge in [-0.25, -0.2) is 10.1 Å². The molecule has 1 aromatic carbocycles. The van der Waals surface area contributed by atoms with Gasteiger partial charge in [0, 0.05) is 11.8 Å². The van der Waals surface area contributed by atoms with Crippen LogP contribution in [0.15, 0.2) is 42.7 Å². The van der Waals surface area contributed by atoms with E-state index >= 15 is 0 Å². The highest BCUT2D eigenvalue weighted by atomic mass is 15.3. The van der Waals surface area contributed by atoms with Crippen LogP contribution in [0.4, 0.5) is 0 Å². The summed E-state index contributed by atoms with van der Waals surface area (Å²) in [7, 11) is 0. The fourth-order valence-corrected chi connectivity index (χ4v) is 1.45. The van der Waals surface area contributed by atoms with Gasteiger partial charge in [-0.15, -0.1) is 6.42 Å². The van der Waals surface area contributed by atoms with E-state index in [1.54, 1.807) is 10.9 Å². The molecule has 0 bridgehead atoms. The molecular formula is C12H12N4. The molecule has 0 saturated carbocycles. The van der Waals surface area contributed by atoms with Crippen LogP contribution >= 0.6 is 0 Å². The molecule has 0 saturated heterocycles. The van der Waals surface area contributed by atoms with E-state index in [1.165, 1.54) is 0 Å². The van der Waals surface area contributed by atoms with Crippen LogP contribution in [0.3, 0.4) is 0 Å². The van der Waals surface area contributed by atoms with Crippen LogP contribution in [0.2, 0.25) is 0 Å². The number of benzene rings is 1. The van der Waals surface area contributed by atoms with E-state index in [0.717, 1.165) is 11.3 Å². The molecule has 2 aromatic rings. The molecule has 1 unspecified atom stereocenters. The van der Waals surface area contributed by atoms with E-state index in [9.17, 15) is 0 Å². The zero-order valence-electron chi connectivity index (χ0n) is 8.67. The van der Waals surface area contributed by atoms with Gasteiger partial charge in [0.2, 0.25) is 0 Å². The first-order chi connectivity index (χ1) is 7.85. The van der Waals surface area contributed by atoms with Gasteiger partial charge in [0.1, 0.15) is 6.04 Å². The van der Waals surface area contributed by atoms with E-state index in [2.05, 4.69) is 16.4 Å². The number of para-hydroxylation sites is 1. The molecule has 0 amide bonds. The van der Waals surface area contributed by atoms with Crippen LogP contribution < -0.4 is 11.3 Å². The topological polar surface area (TPSA) is 55.9 Å². The summed E-state index contributed by atoms with van der Waals surface area (Å²) < 4.78 is 1.76. The van der Waals surface area contributed by atoms with Gasteiger partial charge in [-0.05, 0) is 12.1 Å². The summed E-state index contributed by atoms with van der Waals surface area (Å²) in [5, 5.41) is 4.23. The number of nitrogens with two attached hydrogens (primary N) is 1. The van der Waals surface area contributed by atoms with Gasteiger partial charge in [-0.2, -0.15) is 5.10 Å². The van der Waals surface area contributed by atoms with Crippen LogP contribution in [0.25, 0.3) is 5.69 Å². The number of nitrogens with one attached hydrogen (secondary N) is 1. The summed E-state index contributed by atoms with van der Waals surface area (Å²) in [5.41, 5.74) is 4.40. The average Bonchev–Trinajstić information content (AvgIpc) is 2.81. The van der Waals surface area contributed by atoms with Gasteiger partial charge in [0.25, 0.3) is 0 Å². The standard InChI is InChI=1S/C12H12N4/c1-2-12(15-13)10-8-14-16(9-10)11-6-4-3-5-7-11/h1,3-9,12,15H,13H2. The predicted molar refractivity (Wildman–Crippen MR) is 62.5 cm³/mol. The minimum absolute atomic E-state index is 0.308. The average molecular weight is 212 g/mol. The number of hydrogen-bond donors (Lipinski definition) is 2. The second-order valence-electron chi connectivity index (χ2n) is 3.32. The Morgan fingerprint density at radius 3 is 2.75 bits per heavy atom. The normalized spacial score (nSPS) is 12.0. The van der Waals surface area contributed by atoms with Crippen molar-refractivity contribution in [3.8, 4) is 18.0 Å². The lowest BCUT2D eigenvalue weighted by molar-refractivity contribution is 0.673. The Balaban J connectivity index is 2.30. The molecule has 1 heterocycles. The first-order valence-corrected chi connectivity index (χ1v) is 4.87. The van der Waals surface area contributed by atoms with E-state index in [-0.39, 0.29) is 6.04 Å². The first kappa shape index (κ1) is 10.4. The lowest BCUT2D eigenvalue weighted by Crippen LogP contribution is -2.26. The Morgan fingerprint density at radius 1 is 1.38 bits per heavy atom. The Hall–Kier alpha value is -2.09. The van der Waals surface area contributed by atoms with Crippen molar-refractivity contribution in [2.75, 3.05) is 0 Å². The minimum atomic E-state index is -0.308. The lowest BCUT2D eigenvalue weighted by Gasteiger charge is -2.04. The SMILES string of the molecule is C#CC(NN)c1cnn(-c2ccccc2)c1. The molecule has 1 aromatic heterocycles. The Morgan fingerprint density at radius 2 is 2.12 bits per heavy atom. The lowest BCUT2D eigenvalue weighted by atomic mass is 10.2. The second-order valence-corrected chi connectivity index (χ2v) is 3.32. The third-order valence-corrected chi connectivity index (χ3v) is 2.29. The molecule has 4 heteroatoms. The third kappa shape index (κ3) is 1.96. The van der Waals surface area contributed by atoms with Gasteiger partial charge in [0.05, 0.1) is 11.9 Å². The van der Waals surface area contributed by atoms with E-state index in [0.29, 0.717) is 0 Å². The van der Waals surface area contributed by atoms with E-state index in [4.69, 9.17) is 12.3 Å². The van der Waals surface area contributed by atoms with Crippen molar-refractivity contribution in [3.63, 3.8) is 0 Å². The van der Waals surface area contributed by atoms with Gasteiger partial charge in [-0.3, -0.25) is 5.84 Å². The number of rotatable bonds is 3. The monoisotopic (exact) mass is 212 g/mol. The van der Waals surface area contributed by atoms with Gasteiger partial charge in [-0.1, -0.05) is 24.1 Å². The maximum absolute atomic E-state index is 5.33. The largest absolute Gasteiger partial charge is 0.270 e. The Bertz CT molecular complexity index is 495. The van der Waals surface area contributed by atoms with Gasteiger partial charge < -0.3 is 0 Å². The highest BCUT2D eigenvalue weighted by molar-refractivity contribution is 5.32. The molecular weight excluding hydrogens is 200 g/mol. The summed E-state index contributed by atoms with van der Waals surface area (Å²) in [6, 6.07) is 9.50. The molecule has 0 aliphatic rings. The molecule has 16 heavy (non-hydrogen) atoms. The van der Waals surface area contributed by atoms with Crippen molar-refractivity contribution in [3.05, 3.63) is 48.3 Å². The molecule has 1 atom stereocenters.